The predicted octanol–water partition coefficient (Wildman–Crippen LogP) is 1.95. The largest absolute Gasteiger partial charge is 0.376 e. The molecule has 0 bridgehead atoms. The summed E-state index contributed by atoms with van der Waals surface area (Å²) in [7, 11) is 0. The molecule has 1 saturated carbocycles. The van der Waals surface area contributed by atoms with E-state index in [2.05, 4.69) is 9.97 Å². The first kappa shape index (κ1) is 15.0. The second-order valence-corrected chi connectivity index (χ2v) is 7.37. The summed E-state index contributed by atoms with van der Waals surface area (Å²) < 4.78 is 5.85. The van der Waals surface area contributed by atoms with Gasteiger partial charge in [-0.1, -0.05) is 0 Å². The van der Waals surface area contributed by atoms with Gasteiger partial charge in [-0.2, -0.15) is 0 Å². The average Bonchev–Trinajstić information content (AvgIpc) is 3.43. The molecule has 3 aliphatic rings. The van der Waals surface area contributed by atoms with E-state index in [1.54, 1.807) is 12.4 Å². The van der Waals surface area contributed by atoms with Gasteiger partial charge in [-0.3, -0.25) is 9.78 Å². The van der Waals surface area contributed by atoms with Gasteiger partial charge >= 0.3 is 0 Å². The van der Waals surface area contributed by atoms with Gasteiger partial charge in [0.25, 0.3) is 0 Å². The van der Waals surface area contributed by atoms with E-state index >= 15 is 0 Å². The van der Waals surface area contributed by atoms with Crippen LogP contribution in [-0.4, -0.2) is 45.5 Å². The molecule has 6 nitrogen and oxygen atoms in total. The Labute approximate surface area is 146 Å². The molecule has 1 aliphatic carbocycles. The van der Waals surface area contributed by atoms with Crippen molar-refractivity contribution in [2.24, 2.45) is 5.92 Å². The molecule has 0 aromatic carbocycles. The van der Waals surface area contributed by atoms with Crippen molar-refractivity contribution in [2.45, 2.75) is 31.3 Å². The maximum Gasteiger partial charge on any atom is 0.225 e. The number of hydrogen-bond acceptors (Lipinski definition) is 5. The Kier molecular flexibility index (Phi) is 3.35. The zero-order chi connectivity index (χ0) is 16.9. The Hall–Kier alpha value is -2.34. The Morgan fingerprint density at radius 3 is 3.04 bits per heavy atom. The molecule has 2 fully saturated rings. The Morgan fingerprint density at radius 1 is 1.32 bits per heavy atom. The lowest BCUT2D eigenvalue weighted by Crippen LogP contribution is -2.42. The smallest absolute Gasteiger partial charge is 0.225 e. The van der Waals surface area contributed by atoms with Gasteiger partial charge < -0.3 is 9.64 Å². The molecule has 1 spiro atoms. The third kappa shape index (κ3) is 2.52. The fourth-order valence-electron chi connectivity index (χ4n) is 3.99. The van der Waals surface area contributed by atoms with Crippen LogP contribution in [0.4, 0.5) is 0 Å². The van der Waals surface area contributed by atoms with E-state index in [1.807, 2.05) is 23.2 Å². The van der Waals surface area contributed by atoms with E-state index in [0.29, 0.717) is 31.5 Å². The number of rotatable bonds is 2. The zero-order valence-electron chi connectivity index (χ0n) is 14.0. The van der Waals surface area contributed by atoms with Crippen LogP contribution in [0.15, 0.2) is 30.7 Å². The van der Waals surface area contributed by atoms with E-state index in [1.165, 1.54) is 0 Å². The van der Waals surface area contributed by atoms with E-state index < -0.39 is 0 Å². The van der Waals surface area contributed by atoms with Gasteiger partial charge in [0.15, 0.2) is 5.82 Å². The van der Waals surface area contributed by atoms with Crippen LogP contribution in [-0.2, 0) is 21.6 Å². The highest BCUT2D eigenvalue weighted by Crippen LogP contribution is 2.41. The van der Waals surface area contributed by atoms with Crippen molar-refractivity contribution < 1.29 is 9.53 Å². The van der Waals surface area contributed by atoms with Crippen LogP contribution < -0.4 is 0 Å². The molecular weight excluding hydrogens is 316 g/mol. The number of hydrogen-bond donors (Lipinski definition) is 0. The van der Waals surface area contributed by atoms with Gasteiger partial charge in [0.05, 0.1) is 24.3 Å². The molecule has 4 heterocycles. The normalized spacial score (nSPS) is 25.2. The summed E-state index contributed by atoms with van der Waals surface area (Å²) in [6, 6.07) is 3.86. The van der Waals surface area contributed by atoms with Crippen molar-refractivity contribution in [1.82, 2.24) is 19.9 Å². The van der Waals surface area contributed by atoms with Gasteiger partial charge in [0.2, 0.25) is 5.91 Å². The first-order valence-electron chi connectivity index (χ1n) is 8.89. The molecule has 5 rings (SSSR count). The van der Waals surface area contributed by atoms with E-state index in [9.17, 15) is 4.79 Å². The number of pyridine rings is 1. The van der Waals surface area contributed by atoms with Crippen LogP contribution >= 0.6 is 0 Å². The highest BCUT2D eigenvalue weighted by molar-refractivity contribution is 5.81. The summed E-state index contributed by atoms with van der Waals surface area (Å²) in [5.41, 5.74) is 2.81. The van der Waals surface area contributed by atoms with Crippen LogP contribution in [0.3, 0.4) is 0 Å². The number of fused-ring (bicyclic) bond motifs is 2. The number of aromatic nitrogens is 3. The summed E-state index contributed by atoms with van der Waals surface area (Å²) in [5.74, 6) is 1.26. The third-order valence-corrected chi connectivity index (χ3v) is 5.51. The Bertz CT molecular complexity index is 821. The third-order valence-electron chi connectivity index (χ3n) is 5.51. The fraction of sp³-hybridized carbons (Fsp3) is 0.474. The number of ether oxygens (including phenoxy) is 1. The van der Waals surface area contributed by atoms with Gasteiger partial charge in [0, 0.05) is 48.7 Å². The van der Waals surface area contributed by atoms with E-state index in [0.717, 1.165) is 42.6 Å². The molecule has 1 saturated heterocycles. The van der Waals surface area contributed by atoms with Crippen molar-refractivity contribution in [3.05, 3.63) is 42.0 Å². The first-order valence-corrected chi connectivity index (χ1v) is 8.89. The molecule has 128 valence electrons. The summed E-state index contributed by atoms with van der Waals surface area (Å²) in [6.45, 7) is 2.67. The minimum atomic E-state index is -0.196. The van der Waals surface area contributed by atoms with Gasteiger partial charge in [-0.25, -0.2) is 9.97 Å². The lowest BCUT2D eigenvalue weighted by Gasteiger charge is -2.34. The number of carbonyl (C=O) groups is 1. The quantitative estimate of drug-likeness (QED) is 0.838. The van der Waals surface area contributed by atoms with Crippen molar-refractivity contribution >= 4 is 5.91 Å². The predicted molar refractivity (Wildman–Crippen MR) is 90.5 cm³/mol. The maximum absolute atomic E-state index is 12.5. The molecular formula is C19H20N4O2. The maximum atomic E-state index is 12.5. The minimum absolute atomic E-state index is 0.196. The lowest BCUT2D eigenvalue weighted by atomic mass is 9.80. The molecule has 0 unspecified atom stereocenters. The fourth-order valence-corrected chi connectivity index (χ4v) is 3.99. The van der Waals surface area contributed by atoms with Crippen LogP contribution in [0.5, 0.6) is 0 Å². The molecule has 0 radical (unpaired) electrons. The summed E-state index contributed by atoms with van der Waals surface area (Å²) in [4.78, 5) is 28.1. The summed E-state index contributed by atoms with van der Waals surface area (Å²) >= 11 is 0. The first-order chi connectivity index (χ1) is 12.3. The van der Waals surface area contributed by atoms with Crippen LogP contribution in [0, 0.1) is 5.92 Å². The molecule has 1 atom stereocenters. The van der Waals surface area contributed by atoms with Gasteiger partial charge in [-0.15, -0.1) is 0 Å². The molecule has 25 heavy (non-hydrogen) atoms. The number of nitrogens with zero attached hydrogens (tertiary/aromatic N) is 4. The van der Waals surface area contributed by atoms with Crippen molar-refractivity contribution in [3.8, 4) is 11.4 Å². The van der Waals surface area contributed by atoms with Crippen molar-refractivity contribution in [3.63, 3.8) is 0 Å². The summed E-state index contributed by atoms with van der Waals surface area (Å²) in [6.07, 6.45) is 8.39. The highest BCUT2D eigenvalue weighted by Gasteiger charge is 2.48. The standard InChI is InChI=1S/C19H20N4O2/c24-18(13-3-4-13)23-7-5-19(11-23)12-25-10-15-9-21-17(22-16(15)19)14-2-1-6-20-8-14/h1-2,6,8-9,13H,3-5,7,10-12H2/t19-/m0/s1. The SMILES string of the molecule is O=C(C1CC1)N1CC[C@@]2(COCc3cnc(-c4cccnc4)nc32)C1. The van der Waals surface area contributed by atoms with Gasteiger partial charge in [-0.05, 0) is 31.4 Å². The number of likely N-dealkylation sites (tertiary alicyclic amines) is 1. The molecule has 1 amide bonds. The molecule has 2 aromatic rings. The second kappa shape index (κ2) is 5.59. The number of amides is 1. The van der Waals surface area contributed by atoms with Crippen molar-refractivity contribution in [2.75, 3.05) is 19.7 Å². The molecule has 0 N–H and O–H groups in total. The van der Waals surface area contributed by atoms with E-state index in [4.69, 9.17) is 9.72 Å². The van der Waals surface area contributed by atoms with Crippen molar-refractivity contribution in [1.29, 1.82) is 0 Å². The van der Waals surface area contributed by atoms with E-state index in [-0.39, 0.29) is 11.3 Å². The summed E-state index contributed by atoms with van der Waals surface area (Å²) in [5, 5.41) is 0. The topological polar surface area (TPSA) is 68.2 Å². The van der Waals surface area contributed by atoms with Crippen LogP contribution in [0.25, 0.3) is 11.4 Å². The molecule has 2 aromatic heterocycles. The monoisotopic (exact) mass is 336 g/mol. The number of carbonyl (C=O) groups excluding carboxylic acids is 1. The Balaban J connectivity index is 1.51. The lowest BCUT2D eigenvalue weighted by molar-refractivity contribution is -0.131. The van der Waals surface area contributed by atoms with Crippen LogP contribution in [0.2, 0.25) is 0 Å². The highest BCUT2D eigenvalue weighted by atomic mass is 16.5. The zero-order valence-corrected chi connectivity index (χ0v) is 14.0. The molecule has 6 heteroatoms. The van der Waals surface area contributed by atoms with Gasteiger partial charge in [0.1, 0.15) is 0 Å². The Morgan fingerprint density at radius 2 is 2.24 bits per heavy atom. The van der Waals surface area contributed by atoms with Crippen LogP contribution in [0.1, 0.15) is 30.5 Å². The average molecular weight is 336 g/mol. The second-order valence-electron chi connectivity index (χ2n) is 7.37. The minimum Gasteiger partial charge on any atom is -0.376 e. The molecule has 2 aliphatic heterocycles.